The number of benzene rings is 3. The van der Waals surface area contributed by atoms with Gasteiger partial charge in [0.05, 0.1) is 17.4 Å². The van der Waals surface area contributed by atoms with Gasteiger partial charge in [-0.3, -0.25) is 14.4 Å². The number of carbonyl (C=O) groups is 2. The lowest BCUT2D eigenvalue weighted by Gasteiger charge is -2.28. The molecule has 0 aliphatic carbocycles. The number of hydrogen-bond acceptors (Lipinski definition) is 4. The zero-order valence-corrected chi connectivity index (χ0v) is 15.3. The summed E-state index contributed by atoms with van der Waals surface area (Å²) < 4.78 is 13.3. The Morgan fingerprint density at radius 2 is 1.34 bits per heavy atom. The van der Waals surface area contributed by atoms with Crippen molar-refractivity contribution in [2.45, 2.75) is 12.1 Å². The summed E-state index contributed by atoms with van der Waals surface area (Å²) in [6.45, 7) is 0. The van der Waals surface area contributed by atoms with Gasteiger partial charge in [0, 0.05) is 0 Å². The number of nitrogens with zero attached hydrogens (tertiary/aromatic N) is 2. The number of fused-ring (bicyclic) bond motifs is 1. The van der Waals surface area contributed by atoms with Gasteiger partial charge in [0.25, 0.3) is 5.91 Å². The van der Waals surface area contributed by atoms with Crippen molar-refractivity contribution in [1.82, 2.24) is 0 Å². The first-order valence-corrected chi connectivity index (χ1v) is 9.34. The summed E-state index contributed by atoms with van der Waals surface area (Å²) >= 11 is 0. The van der Waals surface area contributed by atoms with Gasteiger partial charge in [-0.2, -0.15) is 0 Å². The predicted molar refractivity (Wildman–Crippen MR) is 105 cm³/mol. The summed E-state index contributed by atoms with van der Waals surface area (Å²) in [7, 11) is 0. The Balaban J connectivity index is 1.58. The van der Waals surface area contributed by atoms with E-state index in [1.807, 2.05) is 60.7 Å². The fraction of sp³-hybridized carbons (Fsp3) is 0.130. The number of hydrogen-bond donors (Lipinski definition) is 0. The minimum Gasteiger partial charge on any atom is -0.273 e. The first-order chi connectivity index (χ1) is 14.1. The number of hydroxylamine groups is 1. The molecule has 0 aromatic heterocycles. The Hall–Kier alpha value is -3.51. The van der Waals surface area contributed by atoms with Gasteiger partial charge in [0.15, 0.2) is 6.10 Å². The van der Waals surface area contributed by atoms with Crippen molar-refractivity contribution in [2.75, 3.05) is 9.96 Å². The molecule has 2 aliphatic rings. The Kier molecular flexibility index (Phi) is 4.14. The van der Waals surface area contributed by atoms with Gasteiger partial charge in [-0.1, -0.05) is 48.5 Å². The quantitative estimate of drug-likeness (QED) is 0.639. The highest BCUT2D eigenvalue weighted by Crippen LogP contribution is 2.47. The van der Waals surface area contributed by atoms with Gasteiger partial charge < -0.3 is 0 Å². The van der Waals surface area contributed by atoms with E-state index in [0.717, 1.165) is 16.2 Å². The fourth-order valence-corrected chi connectivity index (χ4v) is 4.05. The zero-order chi connectivity index (χ0) is 20.0. The summed E-state index contributed by atoms with van der Waals surface area (Å²) in [6, 6.07) is 23.8. The van der Waals surface area contributed by atoms with Crippen molar-refractivity contribution < 1.29 is 18.8 Å². The lowest BCUT2D eigenvalue weighted by atomic mass is 9.90. The maximum atomic E-state index is 13.3. The molecule has 3 aromatic carbocycles. The van der Waals surface area contributed by atoms with Crippen LogP contribution in [0.4, 0.5) is 15.8 Å². The third-order valence-electron chi connectivity index (χ3n) is 5.35. The maximum Gasteiger partial charge on any atom is 0.266 e. The monoisotopic (exact) mass is 388 g/mol. The molecule has 0 spiro atoms. The minimum atomic E-state index is -0.932. The van der Waals surface area contributed by atoms with E-state index in [1.54, 1.807) is 5.06 Å². The number of para-hydroxylation sites is 1. The van der Waals surface area contributed by atoms with E-state index in [2.05, 4.69) is 0 Å². The summed E-state index contributed by atoms with van der Waals surface area (Å²) in [5.74, 6) is -1.92. The summed E-state index contributed by atoms with van der Waals surface area (Å²) in [5.41, 5.74) is 1.99. The third kappa shape index (κ3) is 2.80. The van der Waals surface area contributed by atoms with Crippen LogP contribution in [-0.4, -0.2) is 17.9 Å². The molecule has 0 N–H and O–H groups in total. The highest BCUT2D eigenvalue weighted by atomic mass is 19.1. The highest BCUT2D eigenvalue weighted by Gasteiger charge is 2.60. The average molecular weight is 388 g/mol. The summed E-state index contributed by atoms with van der Waals surface area (Å²) in [5, 5.41) is 1.66. The molecule has 3 atom stereocenters. The Labute approximate surface area is 166 Å². The van der Waals surface area contributed by atoms with Gasteiger partial charge in [0.1, 0.15) is 11.7 Å². The number of imide groups is 1. The number of halogens is 1. The largest absolute Gasteiger partial charge is 0.273 e. The lowest BCUT2D eigenvalue weighted by molar-refractivity contribution is -0.126. The van der Waals surface area contributed by atoms with E-state index in [4.69, 9.17) is 4.84 Å². The first kappa shape index (κ1) is 17.6. The van der Waals surface area contributed by atoms with E-state index < -0.39 is 29.8 Å². The minimum absolute atomic E-state index is 0.345. The SMILES string of the molecule is O=C1[C@@H]2[C@@H](c3ccccc3)N(c3ccccc3)O[C@H]2C(=O)N1c1ccc(F)cc1. The molecule has 2 aliphatic heterocycles. The van der Waals surface area contributed by atoms with Crippen molar-refractivity contribution >= 4 is 23.2 Å². The smallest absolute Gasteiger partial charge is 0.266 e. The second-order valence-corrected chi connectivity index (χ2v) is 7.06. The molecule has 0 unspecified atom stereocenters. The second kappa shape index (κ2) is 6.83. The van der Waals surface area contributed by atoms with Crippen LogP contribution < -0.4 is 9.96 Å². The lowest BCUT2D eigenvalue weighted by Crippen LogP contribution is -2.37. The molecule has 2 saturated heterocycles. The van der Waals surface area contributed by atoms with E-state index in [0.29, 0.717) is 5.69 Å². The van der Waals surface area contributed by atoms with Crippen molar-refractivity contribution in [2.24, 2.45) is 5.92 Å². The van der Waals surface area contributed by atoms with Gasteiger partial charge in [-0.25, -0.2) is 14.4 Å². The van der Waals surface area contributed by atoms with E-state index in [-0.39, 0.29) is 5.91 Å². The van der Waals surface area contributed by atoms with Crippen molar-refractivity contribution in [3.63, 3.8) is 0 Å². The molecule has 5 rings (SSSR count). The van der Waals surface area contributed by atoms with Crippen LogP contribution in [0.5, 0.6) is 0 Å². The van der Waals surface area contributed by atoms with Crippen LogP contribution in [0.2, 0.25) is 0 Å². The number of amides is 2. The topological polar surface area (TPSA) is 49.9 Å². The Morgan fingerprint density at radius 3 is 2.00 bits per heavy atom. The molecular formula is C23H17FN2O3. The summed E-state index contributed by atoms with van der Waals surface area (Å²) in [6.07, 6.45) is -0.932. The van der Waals surface area contributed by atoms with Crippen LogP contribution in [0.3, 0.4) is 0 Å². The summed E-state index contributed by atoms with van der Waals surface area (Å²) in [4.78, 5) is 33.6. The zero-order valence-electron chi connectivity index (χ0n) is 15.3. The average Bonchev–Trinajstić information content (AvgIpc) is 3.27. The van der Waals surface area contributed by atoms with Crippen LogP contribution in [0.25, 0.3) is 0 Å². The molecular weight excluding hydrogens is 371 g/mol. The van der Waals surface area contributed by atoms with Crippen LogP contribution >= 0.6 is 0 Å². The van der Waals surface area contributed by atoms with Crippen LogP contribution in [0, 0.1) is 11.7 Å². The molecule has 5 nitrogen and oxygen atoms in total. The molecule has 3 aromatic rings. The van der Waals surface area contributed by atoms with Gasteiger partial charge in [-0.15, -0.1) is 0 Å². The van der Waals surface area contributed by atoms with Gasteiger partial charge >= 0.3 is 0 Å². The first-order valence-electron chi connectivity index (χ1n) is 9.34. The molecule has 2 amide bonds. The molecule has 6 heteroatoms. The van der Waals surface area contributed by atoms with Crippen molar-refractivity contribution in [1.29, 1.82) is 0 Å². The Bertz CT molecular complexity index is 1060. The van der Waals surface area contributed by atoms with Crippen molar-refractivity contribution in [3.8, 4) is 0 Å². The van der Waals surface area contributed by atoms with Crippen molar-refractivity contribution in [3.05, 3.63) is 96.3 Å². The normalized spacial score (nSPS) is 23.6. The van der Waals surface area contributed by atoms with Gasteiger partial charge in [-0.05, 0) is 42.0 Å². The van der Waals surface area contributed by atoms with Crippen LogP contribution in [0.1, 0.15) is 11.6 Å². The molecule has 0 radical (unpaired) electrons. The second-order valence-electron chi connectivity index (χ2n) is 7.06. The fourth-order valence-electron chi connectivity index (χ4n) is 4.05. The molecule has 2 heterocycles. The van der Waals surface area contributed by atoms with E-state index >= 15 is 0 Å². The predicted octanol–water partition coefficient (Wildman–Crippen LogP) is 3.88. The third-order valence-corrected chi connectivity index (χ3v) is 5.35. The van der Waals surface area contributed by atoms with Gasteiger partial charge in [0.2, 0.25) is 5.91 Å². The Morgan fingerprint density at radius 1 is 0.724 bits per heavy atom. The van der Waals surface area contributed by atoms with Crippen LogP contribution in [-0.2, 0) is 14.4 Å². The standard InChI is InChI=1S/C23H17FN2O3/c24-16-11-13-17(14-12-16)25-22(27)19-20(15-7-3-1-4-8-15)26(29-21(19)23(25)28)18-9-5-2-6-10-18/h1-14,19-21H/t19-,20-,21-/m1/s1. The molecule has 2 fully saturated rings. The van der Waals surface area contributed by atoms with E-state index in [1.165, 1.54) is 24.3 Å². The maximum absolute atomic E-state index is 13.3. The van der Waals surface area contributed by atoms with Crippen LogP contribution in [0.15, 0.2) is 84.9 Å². The molecule has 0 bridgehead atoms. The number of rotatable bonds is 3. The molecule has 144 valence electrons. The molecule has 29 heavy (non-hydrogen) atoms. The van der Waals surface area contributed by atoms with E-state index in [9.17, 15) is 14.0 Å². The highest BCUT2D eigenvalue weighted by molar-refractivity contribution is 6.23. The number of carbonyl (C=O) groups excluding carboxylic acids is 2. The molecule has 0 saturated carbocycles. The number of anilines is 2.